The lowest BCUT2D eigenvalue weighted by Crippen LogP contribution is -2.60. The molecule has 0 aromatic carbocycles. The quantitative estimate of drug-likeness (QED) is 0.273. The van der Waals surface area contributed by atoms with Gasteiger partial charge >= 0.3 is 42.2 Å². The second-order valence-corrected chi connectivity index (χ2v) is 5.38. The average molecular weight is 444 g/mol. The molecule has 0 fully saturated rings. The maximum Gasteiger partial charge on any atom is 0.448 e. The molecule has 0 aliphatic rings. The third-order valence-electron chi connectivity index (χ3n) is 3.06. The minimum atomic E-state index is -6.88. The number of carbonyl (C=O) groups excluding carboxylic acids is 1. The van der Waals surface area contributed by atoms with Gasteiger partial charge in [-0.15, -0.1) is 0 Å². The van der Waals surface area contributed by atoms with Gasteiger partial charge in [0.05, 0.1) is 13.0 Å². The highest BCUT2D eigenvalue weighted by atomic mass is 19.4. The Hall–Kier alpha value is -1.67. The molecule has 0 heterocycles. The van der Waals surface area contributed by atoms with Gasteiger partial charge in [-0.2, -0.15) is 39.5 Å². The first-order valence-corrected chi connectivity index (χ1v) is 6.87. The van der Waals surface area contributed by atoms with Gasteiger partial charge in [0.1, 0.15) is 6.61 Å². The molecule has 1 atom stereocenters. The SMILES string of the molecule is C=C(C)C(=O)OCCC(F)(OCC(F)(F)C(F)(F)C(F)(F)C(F)F)C(F)(F)F. The van der Waals surface area contributed by atoms with E-state index in [4.69, 9.17) is 0 Å². The zero-order chi connectivity index (χ0) is 22.8. The fourth-order valence-electron chi connectivity index (χ4n) is 1.37. The summed E-state index contributed by atoms with van der Waals surface area (Å²) in [6, 6.07) is 0. The van der Waals surface area contributed by atoms with Gasteiger partial charge in [-0.25, -0.2) is 18.0 Å². The first-order valence-electron chi connectivity index (χ1n) is 6.87. The minimum Gasteiger partial charge on any atom is -0.462 e. The van der Waals surface area contributed by atoms with Crippen molar-refractivity contribution in [2.24, 2.45) is 0 Å². The Labute approximate surface area is 149 Å². The number of carbonyl (C=O) groups is 1. The van der Waals surface area contributed by atoms with Crippen LogP contribution in [-0.2, 0) is 14.3 Å². The lowest BCUT2D eigenvalue weighted by Gasteiger charge is -2.34. The van der Waals surface area contributed by atoms with Gasteiger partial charge in [0.2, 0.25) is 0 Å². The van der Waals surface area contributed by atoms with E-state index in [1.807, 2.05) is 0 Å². The van der Waals surface area contributed by atoms with Crippen molar-refractivity contribution in [3.8, 4) is 0 Å². The van der Waals surface area contributed by atoms with Crippen molar-refractivity contribution in [2.45, 2.75) is 49.6 Å². The second kappa shape index (κ2) is 8.37. The van der Waals surface area contributed by atoms with E-state index in [-0.39, 0.29) is 5.57 Å². The lowest BCUT2D eigenvalue weighted by atomic mass is 10.1. The smallest absolute Gasteiger partial charge is 0.448 e. The van der Waals surface area contributed by atoms with Gasteiger partial charge in [-0.3, -0.25) is 0 Å². The fraction of sp³-hybridized carbons (Fsp3) is 0.769. The molecule has 0 spiro atoms. The predicted octanol–water partition coefficient (Wildman–Crippen LogP) is 4.91. The normalized spacial score (nSPS) is 16.1. The molecule has 0 saturated carbocycles. The first-order chi connectivity index (χ1) is 12.2. The standard InChI is InChI=1S/C13H12F12O3/c1-6(2)7(26)27-4-3-10(18,13(23,24)25)28-5-9(16,17)12(21,22)11(19,20)8(14)15/h8H,1,3-5H2,2H3. The number of hydrogen-bond acceptors (Lipinski definition) is 3. The number of halogens is 12. The topological polar surface area (TPSA) is 35.5 Å². The maximum atomic E-state index is 13.8. The van der Waals surface area contributed by atoms with Crippen LogP contribution in [-0.4, -0.2) is 55.4 Å². The molecule has 0 radical (unpaired) electrons. The van der Waals surface area contributed by atoms with Gasteiger partial charge in [0.15, 0.2) is 0 Å². The molecular formula is C13H12F12O3. The Morgan fingerprint density at radius 1 is 0.964 bits per heavy atom. The summed E-state index contributed by atoms with van der Waals surface area (Å²) >= 11 is 0. The molecule has 0 aliphatic carbocycles. The van der Waals surface area contributed by atoms with Crippen LogP contribution in [0.2, 0.25) is 0 Å². The molecule has 0 aromatic rings. The molecule has 0 N–H and O–H groups in total. The van der Waals surface area contributed by atoms with E-state index in [0.29, 0.717) is 0 Å². The molecule has 0 aliphatic heterocycles. The van der Waals surface area contributed by atoms with Crippen LogP contribution >= 0.6 is 0 Å². The molecule has 0 bridgehead atoms. The summed E-state index contributed by atoms with van der Waals surface area (Å²) in [4.78, 5) is 11.0. The Bertz CT molecular complexity index is 572. The Morgan fingerprint density at radius 3 is 1.79 bits per heavy atom. The van der Waals surface area contributed by atoms with E-state index in [2.05, 4.69) is 16.1 Å². The monoisotopic (exact) mass is 444 g/mol. The Balaban J connectivity index is 5.42. The fourth-order valence-corrected chi connectivity index (χ4v) is 1.37. The third-order valence-corrected chi connectivity index (χ3v) is 3.06. The van der Waals surface area contributed by atoms with Crippen LogP contribution in [0, 0.1) is 0 Å². The van der Waals surface area contributed by atoms with E-state index in [0.717, 1.165) is 6.92 Å². The second-order valence-electron chi connectivity index (χ2n) is 5.38. The zero-order valence-electron chi connectivity index (χ0n) is 13.7. The predicted molar refractivity (Wildman–Crippen MR) is 67.1 cm³/mol. The zero-order valence-corrected chi connectivity index (χ0v) is 13.7. The molecular weight excluding hydrogens is 432 g/mol. The molecule has 0 aromatic heterocycles. The summed E-state index contributed by atoms with van der Waals surface area (Å²) in [6.45, 7) is -0.748. The summed E-state index contributed by atoms with van der Waals surface area (Å²) in [6.07, 6.45) is -13.5. The van der Waals surface area contributed by atoms with Crippen molar-refractivity contribution in [1.29, 1.82) is 0 Å². The highest BCUT2D eigenvalue weighted by Crippen LogP contribution is 2.49. The van der Waals surface area contributed by atoms with Gasteiger partial charge in [0.25, 0.3) is 0 Å². The number of ether oxygens (including phenoxy) is 2. The lowest BCUT2D eigenvalue weighted by molar-refractivity contribution is -0.381. The summed E-state index contributed by atoms with van der Waals surface area (Å²) in [5.41, 5.74) is -0.349. The van der Waals surface area contributed by atoms with Gasteiger partial charge in [-0.05, 0) is 6.92 Å². The van der Waals surface area contributed by atoms with Crippen LogP contribution in [0.15, 0.2) is 12.2 Å². The molecule has 15 heteroatoms. The van der Waals surface area contributed by atoms with Crippen molar-refractivity contribution in [1.82, 2.24) is 0 Å². The molecule has 0 saturated heterocycles. The molecule has 1 unspecified atom stereocenters. The number of rotatable bonds is 10. The highest BCUT2D eigenvalue weighted by molar-refractivity contribution is 5.86. The summed E-state index contributed by atoms with van der Waals surface area (Å²) in [5, 5.41) is 0. The van der Waals surface area contributed by atoms with Crippen molar-refractivity contribution >= 4 is 5.97 Å². The van der Waals surface area contributed by atoms with Gasteiger partial charge in [-0.1, -0.05) is 6.58 Å². The molecule has 3 nitrogen and oxygen atoms in total. The van der Waals surface area contributed by atoms with E-state index < -0.39 is 61.8 Å². The van der Waals surface area contributed by atoms with Crippen LogP contribution < -0.4 is 0 Å². The Morgan fingerprint density at radius 2 is 1.43 bits per heavy atom. The Kier molecular flexibility index (Phi) is 7.87. The van der Waals surface area contributed by atoms with Crippen LogP contribution in [0.4, 0.5) is 52.7 Å². The summed E-state index contributed by atoms with van der Waals surface area (Å²) in [5.74, 6) is -26.3. The summed E-state index contributed by atoms with van der Waals surface area (Å²) in [7, 11) is 0. The van der Waals surface area contributed by atoms with E-state index in [9.17, 15) is 57.5 Å². The molecule has 166 valence electrons. The minimum absolute atomic E-state index is 0.349. The first kappa shape index (κ1) is 26.3. The van der Waals surface area contributed by atoms with Crippen LogP contribution in [0.1, 0.15) is 13.3 Å². The average Bonchev–Trinajstić information content (AvgIpc) is 2.51. The molecule has 28 heavy (non-hydrogen) atoms. The van der Waals surface area contributed by atoms with E-state index >= 15 is 0 Å². The highest BCUT2D eigenvalue weighted by Gasteiger charge is 2.76. The van der Waals surface area contributed by atoms with Crippen LogP contribution in [0.3, 0.4) is 0 Å². The maximum absolute atomic E-state index is 13.8. The number of alkyl halides is 12. The van der Waals surface area contributed by atoms with Crippen molar-refractivity contribution < 1.29 is 67.0 Å². The van der Waals surface area contributed by atoms with Crippen molar-refractivity contribution in [2.75, 3.05) is 13.2 Å². The van der Waals surface area contributed by atoms with Crippen molar-refractivity contribution in [3.63, 3.8) is 0 Å². The van der Waals surface area contributed by atoms with Crippen LogP contribution in [0.25, 0.3) is 0 Å². The van der Waals surface area contributed by atoms with E-state index in [1.165, 1.54) is 0 Å². The van der Waals surface area contributed by atoms with Crippen molar-refractivity contribution in [3.05, 3.63) is 12.2 Å². The van der Waals surface area contributed by atoms with Crippen LogP contribution in [0.5, 0.6) is 0 Å². The largest absolute Gasteiger partial charge is 0.462 e. The number of hydrogen-bond donors (Lipinski definition) is 0. The molecule has 0 rings (SSSR count). The van der Waals surface area contributed by atoms with Gasteiger partial charge in [0, 0.05) is 5.57 Å². The van der Waals surface area contributed by atoms with Gasteiger partial charge < -0.3 is 9.47 Å². The third kappa shape index (κ3) is 5.44. The summed E-state index contributed by atoms with van der Waals surface area (Å²) < 4.78 is 160. The number of esters is 1. The molecule has 0 amide bonds. The van der Waals surface area contributed by atoms with E-state index in [1.54, 1.807) is 0 Å².